The van der Waals surface area contributed by atoms with Gasteiger partial charge in [0.15, 0.2) is 11.5 Å². The van der Waals surface area contributed by atoms with Gasteiger partial charge in [0.1, 0.15) is 18.2 Å². The molecule has 6 heteroatoms. The fourth-order valence-electron chi connectivity index (χ4n) is 2.96. The molecule has 6 nitrogen and oxygen atoms in total. The molecule has 0 N–H and O–H groups in total. The zero-order valence-electron chi connectivity index (χ0n) is 18.0. The lowest BCUT2D eigenvalue weighted by Crippen LogP contribution is -2.22. The summed E-state index contributed by atoms with van der Waals surface area (Å²) in [7, 11) is 3.19. The summed E-state index contributed by atoms with van der Waals surface area (Å²) in [6, 6.07) is 14.9. The molecule has 0 atom stereocenters. The number of nitriles is 2. The van der Waals surface area contributed by atoms with Crippen molar-refractivity contribution >= 4 is 12.0 Å². The first-order chi connectivity index (χ1) is 14.9. The Morgan fingerprint density at radius 2 is 1.90 bits per heavy atom. The van der Waals surface area contributed by atoms with Crippen LogP contribution in [0.2, 0.25) is 0 Å². The summed E-state index contributed by atoms with van der Waals surface area (Å²) in [5, 5.41) is 18.7. The molecule has 2 aromatic carbocycles. The minimum absolute atomic E-state index is 0.0219. The summed E-state index contributed by atoms with van der Waals surface area (Å²) in [6.07, 6.45) is 3.78. The Kier molecular flexibility index (Phi) is 8.42. The van der Waals surface area contributed by atoms with E-state index in [1.165, 1.54) is 11.0 Å². The van der Waals surface area contributed by atoms with Crippen LogP contribution < -0.4 is 9.47 Å². The molecule has 0 bridgehead atoms. The molecule has 0 aromatic heterocycles. The van der Waals surface area contributed by atoms with Gasteiger partial charge in [-0.3, -0.25) is 4.79 Å². The van der Waals surface area contributed by atoms with Crippen LogP contribution in [0.3, 0.4) is 0 Å². The second-order valence-corrected chi connectivity index (χ2v) is 6.86. The molecule has 0 saturated heterocycles. The molecule has 31 heavy (non-hydrogen) atoms. The van der Waals surface area contributed by atoms with Crippen LogP contribution >= 0.6 is 0 Å². The average Bonchev–Trinajstić information content (AvgIpc) is 2.77. The summed E-state index contributed by atoms with van der Waals surface area (Å²) in [6.45, 7) is 6.28. The SMILES string of the molecule is C=CCc1cc(/C=C(/C#N)C(=O)N(C)C)cc(OCC)c1OCc1ccccc1C#N. The van der Waals surface area contributed by atoms with Crippen molar-refractivity contribution in [2.45, 2.75) is 20.0 Å². The molecule has 2 rings (SSSR count). The van der Waals surface area contributed by atoms with E-state index in [1.54, 1.807) is 38.4 Å². The molecule has 0 fully saturated rings. The number of ether oxygens (including phenoxy) is 2. The Morgan fingerprint density at radius 1 is 1.16 bits per heavy atom. The van der Waals surface area contributed by atoms with Gasteiger partial charge in [-0.1, -0.05) is 24.3 Å². The summed E-state index contributed by atoms with van der Waals surface area (Å²) in [5.41, 5.74) is 2.79. The van der Waals surface area contributed by atoms with E-state index in [4.69, 9.17) is 9.47 Å². The summed E-state index contributed by atoms with van der Waals surface area (Å²) >= 11 is 0. The Bertz CT molecular complexity index is 1070. The first-order valence-electron chi connectivity index (χ1n) is 9.80. The number of hydrogen-bond acceptors (Lipinski definition) is 5. The number of carbonyl (C=O) groups is 1. The number of rotatable bonds is 9. The van der Waals surface area contributed by atoms with Gasteiger partial charge in [-0.05, 0) is 43.2 Å². The van der Waals surface area contributed by atoms with Crippen LogP contribution in [0.5, 0.6) is 11.5 Å². The van der Waals surface area contributed by atoms with E-state index in [2.05, 4.69) is 12.6 Å². The fourth-order valence-corrected chi connectivity index (χ4v) is 2.96. The minimum Gasteiger partial charge on any atom is -0.490 e. The molecular weight excluding hydrogens is 390 g/mol. The van der Waals surface area contributed by atoms with Gasteiger partial charge in [0.05, 0.1) is 18.2 Å². The standard InChI is InChI=1S/C25H25N3O3/c1-5-9-19-12-18(13-22(16-27)25(29)28(3)4)14-23(30-6-2)24(19)31-17-21-11-8-7-10-20(21)15-26/h5,7-8,10-14H,1,6,9,17H2,2-4H3/b22-13-. The lowest BCUT2D eigenvalue weighted by atomic mass is 10.0. The van der Waals surface area contributed by atoms with Crippen LogP contribution in [0.1, 0.15) is 29.2 Å². The van der Waals surface area contributed by atoms with Gasteiger partial charge in [-0.15, -0.1) is 6.58 Å². The third-order valence-corrected chi connectivity index (χ3v) is 4.40. The zero-order valence-corrected chi connectivity index (χ0v) is 18.0. The van der Waals surface area contributed by atoms with Crippen molar-refractivity contribution in [1.29, 1.82) is 10.5 Å². The van der Waals surface area contributed by atoms with E-state index in [0.717, 1.165) is 11.1 Å². The normalized spacial score (nSPS) is 10.5. The first kappa shape index (κ1) is 23.3. The number of hydrogen-bond donors (Lipinski definition) is 0. The molecule has 0 aliphatic rings. The average molecular weight is 415 g/mol. The van der Waals surface area contributed by atoms with Crippen LogP contribution in [0.4, 0.5) is 0 Å². The molecule has 0 heterocycles. The zero-order chi connectivity index (χ0) is 22.8. The second-order valence-electron chi connectivity index (χ2n) is 6.86. The number of likely N-dealkylation sites (N-methyl/N-ethyl adjacent to an activating group) is 1. The highest BCUT2D eigenvalue weighted by Crippen LogP contribution is 2.35. The van der Waals surface area contributed by atoms with Crippen molar-refractivity contribution in [3.63, 3.8) is 0 Å². The Morgan fingerprint density at radius 3 is 2.52 bits per heavy atom. The van der Waals surface area contributed by atoms with Gasteiger partial charge in [-0.25, -0.2) is 0 Å². The van der Waals surface area contributed by atoms with Crippen molar-refractivity contribution < 1.29 is 14.3 Å². The molecule has 2 aromatic rings. The molecule has 1 amide bonds. The Labute approximate surface area is 183 Å². The summed E-state index contributed by atoms with van der Waals surface area (Å²) in [5.74, 6) is 0.667. The highest BCUT2D eigenvalue weighted by atomic mass is 16.5. The van der Waals surface area contributed by atoms with Gasteiger partial charge >= 0.3 is 0 Å². The number of carbonyl (C=O) groups excluding carboxylic acids is 1. The topological polar surface area (TPSA) is 86.3 Å². The molecule has 0 aliphatic heterocycles. The predicted molar refractivity (Wildman–Crippen MR) is 119 cm³/mol. The van der Waals surface area contributed by atoms with Crippen LogP contribution in [0, 0.1) is 22.7 Å². The minimum atomic E-state index is -0.376. The van der Waals surface area contributed by atoms with E-state index in [9.17, 15) is 15.3 Å². The van der Waals surface area contributed by atoms with Crippen LogP contribution in [-0.4, -0.2) is 31.5 Å². The Balaban J connectivity index is 2.50. The highest BCUT2D eigenvalue weighted by molar-refractivity contribution is 6.01. The first-order valence-corrected chi connectivity index (χ1v) is 9.80. The van der Waals surface area contributed by atoms with Crippen molar-refractivity contribution in [1.82, 2.24) is 4.90 Å². The van der Waals surface area contributed by atoms with Crippen molar-refractivity contribution in [3.8, 4) is 23.6 Å². The molecule has 0 spiro atoms. The van der Waals surface area contributed by atoms with E-state index >= 15 is 0 Å². The molecule has 158 valence electrons. The largest absolute Gasteiger partial charge is 0.490 e. The van der Waals surface area contributed by atoms with Crippen molar-refractivity contribution in [2.24, 2.45) is 0 Å². The maximum atomic E-state index is 12.2. The number of benzene rings is 2. The van der Waals surface area contributed by atoms with E-state index < -0.39 is 0 Å². The van der Waals surface area contributed by atoms with Gasteiger partial charge < -0.3 is 14.4 Å². The smallest absolute Gasteiger partial charge is 0.264 e. The van der Waals surface area contributed by atoms with Crippen molar-refractivity contribution in [3.05, 3.63) is 76.9 Å². The lowest BCUT2D eigenvalue weighted by molar-refractivity contribution is -0.124. The van der Waals surface area contributed by atoms with E-state index in [-0.39, 0.29) is 18.1 Å². The predicted octanol–water partition coefficient (Wildman–Crippen LogP) is 4.26. The molecular formula is C25H25N3O3. The fraction of sp³-hybridized carbons (Fsp3) is 0.240. The molecule has 0 unspecified atom stereocenters. The molecule has 0 aliphatic carbocycles. The van der Waals surface area contributed by atoms with Gasteiger partial charge in [0.2, 0.25) is 0 Å². The number of allylic oxidation sites excluding steroid dienone is 1. The van der Waals surface area contributed by atoms with Gasteiger partial charge in [-0.2, -0.15) is 10.5 Å². The molecule has 0 radical (unpaired) electrons. The molecule has 0 saturated carbocycles. The van der Waals surface area contributed by atoms with E-state index in [0.29, 0.717) is 35.7 Å². The monoisotopic (exact) mass is 415 g/mol. The van der Waals surface area contributed by atoms with Crippen molar-refractivity contribution in [2.75, 3.05) is 20.7 Å². The number of nitrogens with zero attached hydrogens (tertiary/aromatic N) is 3. The third-order valence-electron chi connectivity index (χ3n) is 4.40. The van der Waals surface area contributed by atoms with Crippen LogP contribution in [-0.2, 0) is 17.8 Å². The summed E-state index contributed by atoms with van der Waals surface area (Å²) < 4.78 is 11.9. The van der Waals surface area contributed by atoms with E-state index in [1.807, 2.05) is 31.2 Å². The van der Waals surface area contributed by atoms with Gasteiger partial charge in [0, 0.05) is 25.2 Å². The highest BCUT2D eigenvalue weighted by Gasteiger charge is 2.16. The van der Waals surface area contributed by atoms with Gasteiger partial charge in [0.25, 0.3) is 5.91 Å². The lowest BCUT2D eigenvalue weighted by Gasteiger charge is -2.17. The quantitative estimate of drug-likeness (QED) is 0.347. The second kappa shape index (κ2) is 11.2. The van der Waals surface area contributed by atoms with Crippen LogP contribution in [0.15, 0.2) is 54.6 Å². The summed E-state index contributed by atoms with van der Waals surface area (Å²) in [4.78, 5) is 13.6. The van der Waals surface area contributed by atoms with Crippen LogP contribution in [0.25, 0.3) is 6.08 Å². The Hall–Kier alpha value is -4.03. The maximum absolute atomic E-state index is 12.2. The third kappa shape index (κ3) is 5.98. The maximum Gasteiger partial charge on any atom is 0.264 e. The number of amides is 1.